The van der Waals surface area contributed by atoms with E-state index in [2.05, 4.69) is 10.6 Å². The molecule has 2 aromatic carbocycles. The average molecular weight is 478 g/mol. The first-order valence-corrected chi connectivity index (χ1v) is 10.7. The second-order valence-electron chi connectivity index (χ2n) is 7.79. The lowest BCUT2D eigenvalue weighted by molar-refractivity contribution is -0.384. The molecule has 35 heavy (non-hydrogen) atoms. The summed E-state index contributed by atoms with van der Waals surface area (Å²) in [5, 5.41) is 12.2. The number of nitrogens with zero attached hydrogens (tertiary/aromatic N) is 5. The van der Waals surface area contributed by atoms with Gasteiger partial charge in [-0.1, -0.05) is 23.8 Å². The van der Waals surface area contributed by atoms with Crippen molar-refractivity contribution in [2.75, 3.05) is 38.1 Å². The van der Waals surface area contributed by atoms with Crippen molar-refractivity contribution in [3.05, 3.63) is 82.0 Å². The van der Waals surface area contributed by atoms with Crippen molar-refractivity contribution in [1.82, 2.24) is 15.5 Å². The van der Waals surface area contributed by atoms with Gasteiger partial charge >= 0.3 is 5.97 Å². The normalized spacial score (nSPS) is 17.5. The molecule has 2 aliphatic rings. The maximum Gasteiger partial charge on any atom is 0.376 e. The third kappa shape index (κ3) is 5.33. The van der Waals surface area contributed by atoms with E-state index >= 15 is 0 Å². The number of piperazine rings is 1. The van der Waals surface area contributed by atoms with E-state index in [1.54, 1.807) is 47.4 Å². The maximum absolute atomic E-state index is 13.3. The molecule has 0 aromatic heterocycles. The molecule has 2 amide bonds. The van der Waals surface area contributed by atoms with E-state index < -0.39 is 22.7 Å². The zero-order valence-electron chi connectivity index (χ0n) is 18.8. The van der Waals surface area contributed by atoms with E-state index in [0.717, 1.165) is 5.69 Å². The summed E-state index contributed by atoms with van der Waals surface area (Å²) in [5.74, 6) is -1.82. The second kappa shape index (κ2) is 10.1. The number of anilines is 1. The Hall–Kier alpha value is -4.58. The molecule has 4 rings (SSSR count). The number of benzene rings is 2. The highest BCUT2D eigenvalue weighted by Crippen LogP contribution is 2.21. The molecule has 0 bridgehead atoms. The zero-order chi connectivity index (χ0) is 24.9. The van der Waals surface area contributed by atoms with Gasteiger partial charge in [0.2, 0.25) is 0 Å². The van der Waals surface area contributed by atoms with E-state index in [-0.39, 0.29) is 17.1 Å². The van der Waals surface area contributed by atoms with Crippen molar-refractivity contribution in [2.45, 2.75) is 0 Å². The van der Waals surface area contributed by atoms with Crippen molar-refractivity contribution < 1.29 is 24.1 Å². The third-order valence-corrected chi connectivity index (χ3v) is 5.57. The molecule has 0 saturated carbocycles. The Morgan fingerprint density at radius 1 is 1.06 bits per heavy atom. The van der Waals surface area contributed by atoms with Crippen molar-refractivity contribution in [3.8, 4) is 0 Å². The molecule has 0 radical (unpaired) electrons. The second-order valence-corrected chi connectivity index (χ2v) is 7.79. The van der Waals surface area contributed by atoms with E-state index in [4.69, 9.17) is 4.84 Å². The summed E-state index contributed by atoms with van der Waals surface area (Å²) < 4.78 is 0. The highest BCUT2D eigenvalue weighted by atomic mass is 16.7. The highest BCUT2D eigenvalue weighted by Gasteiger charge is 2.30. The fourth-order valence-corrected chi connectivity index (χ4v) is 3.64. The number of hydrogen-bond donors (Lipinski definition) is 1. The van der Waals surface area contributed by atoms with Gasteiger partial charge in [0.15, 0.2) is 0 Å². The van der Waals surface area contributed by atoms with E-state index in [9.17, 15) is 24.5 Å². The van der Waals surface area contributed by atoms with Crippen molar-refractivity contribution in [2.24, 2.45) is 4.99 Å². The molecule has 0 unspecified atom stereocenters. The van der Waals surface area contributed by atoms with Crippen LogP contribution >= 0.6 is 0 Å². The van der Waals surface area contributed by atoms with Crippen LogP contribution in [0.15, 0.2) is 71.4 Å². The monoisotopic (exact) mass is 478 g/mol. The minimum atomic E-state index is -0.705. The Labute approximate surface area is 200 Å². The van der Waals surface area contributed by atoms with Crippen LogP contribution in [0.5, 0.6) is 0 Å². The first-order valence-electron chi connectivity index (χ1n) is 10.7. The van der Waals surface area contributed by atoms with Crippen LogP contribution in [-0.2, 0) is 14.4 Å². The summed E-state index contributed by atoms with van der Waals surface area (Å²) >= 11 is 0. The number of nitro benzene ring substituents is 1. The number of nitrogens with one attached hydrogen (secondary N) is 1. The lowest BCUT2D eigenvalue weighted by Gasteiger charge is -2.36. The molecule has 0 atom stereocenters. The third-order valence-electron chi connectivity index (χ3n) is 5.57. The largest absolute Gasteiger partial charge is 0.376 e. The van der Waals surface area contributed by atoms with Crippen LogP contribution in [0.1, 0.15) is 10.4 Å². The summed E-state index contributed by atoms with van der Waals surface area (Å²) in [7, 11) is 1.53. The average Bonchev–Trinajstić information content (AvgIpc) is 3.20. The first-order chi connectivity index (χ1) is 16.8. The van der Waals surface area contributed by atoms with Crippen LogP contribution in [-0.4, -0.2) is 71.6 Å². The Kier molecular flexibility index (Phi) is 6.83. The fraction of sp³-hybridized carbons (Fsp3) is 0.217. The number of rotatable bonds is 5. The lowest BCUT2D eigenvalue weighted by Crippen LogP contribution is -2.50. The number of carbonyl (C=O) groups excluding carboxylic acids is 3. The van der Waals surface area contributed by atoms with E-state index in [0.29, 0.717) is 31.7 Å². The van der Waals surface area contributed by atoms with Gasteiger partial charge < -0.3 is 14.6 Å². The minimum absolute atomic E-state index is 0.00411. The molecule has 0 spiro atoms. The molecule has 2 fully saturated rings. The number of hydrogen-bond acceptors (Lipinski definition) is 9. The van der Waals surface area contributed by atoms with Gasteiger partial charge in [-0.15, -0.1) is 0 Å². The van der Waals surface area contributed by atoms with Crippen LogP contribution in [0.2, 0.25) is 0 Å². The number of carbonyl (C=O) groups is 3. The van der Waals surface area contributed by atoms with Gasteiger partial charge in [-0.25, -0.2) is 9.79 Å². The first kappa shape index (κ1) is 23.6. The summed E-state index contributed by atoms with van der Waals surface area (Å²) in [4.78, 5) is 60.8. The van der Waals surface area contributed by atoms with Crippen LogP contribution in [0.4, 0.5) is 11.4 Å². The Morgan fingerprint density at radius 2 is 1.71 bits per heavy atom. The molecule has 1 N–H and O–H groups in total. The van der Waals surface area contributed by atoms with Gasteiger partial charge in [0.1, 0.15) is 11.4 Å². The molecule has 2 aromatic rings. The quantitative estimate of drug-likeness (QED) is 0.292. The summed E-state index contributed by atoms with van der Waals surface area (Å²) in [6.07, 6.45) is 1.23. The van der Waals surface area contributed by atoms with Gasteiger partial charge in [0, 0.05) is 62.7 Å². The van der Waals surface area contributed by atoms with Crippen LogP contribution in [0.25, 0.3) is 0 Å². The summed E-state index contributed by atoms with van der Waals surface area (Å²) in [6, 6.07) is 14.5. The molecule has 2 saturated heterocycles. The molecule has 180 valence electrons. The van der Waals surface area contributed by atoms with Crippen molar-refractivity contribution in [3.63, 3.8) is 0 Å². The lowest BCUT2D eigenvalue weighted by atomic mass is 10.2. The van der Waals surface area contributed by atoms with Gasteiger partial charge in [0.25, 0.3) is 17.5 Å². The van der Waals surface area contributed by atoms with Crippen LogP contribution < -0.4 is 10.5 Å². The minimum Gasteiger partial charge on any atom is -0.368 e. The molecule has 2 aliphatic heterocycles. The predicted octanol–water partition coefficient (Wildman–Crippen LogP) is 1.32. The fourth-order valence-electron chi connectivity index (χ4n) is 3.64. The Balaban J connectivity index is 1.53. The van der Waals surface area contributed by atoms with Gasteiger partial charge in [0.05, 0.1) is 4.92 Å². The number of non-ortho nitro benzene ring substituents is 1. The molecular weight excluding hydrogens is 456 g/mol. The summed E-state index contributed by atoms with van der Waals surface area (Å²) in [5.41, 5.74) is 3.32. The SMILES string of the molecule is CN1NOC(=O)C1=CC(=NC(=O)c1ccccc1)C(=O)N1CCN(c2ccc([N+](=O)[O-])cc2)CC1. The smallest absolute Gasteiger partial charge is 0.368 e. The number of nitro groups is 1. The molecular formula is C23H22N6O6. The van der Waals surface area contributed by atoms with Gasteiger partial charge in [-0.3, -0.25) is 24.7 Å². The van der Waals surface area contributed by atoms with Gasteiger partial charge in [-0.05, 0) is 24.3 Å². The number of amides is 2. The molecule has 2 heterocycles. The number of hydrazine groups is 1. The zero-order valence-corrected chi connectivity index (χ0v) is 18.8. The van der Waals surface area contributed by atoms with Crippen molar-refractivity contribution in [1.29, 1.82) is 0 Å². The maximum atomic E-state index is 13.3. The Morgan fingerprint density at radius 3 is 2.29 bits per heavy atom. The molecule has 0 aliphatic carbocycles. The highest BCUT2D eigenvalue weighted by molar-refractivity contribution is 6.45. The number of likely N-dealkylation sites (N-methyl/N-ethyl adjacent to an activating group) is 1. The van der Waals surface area contributed by atoms with Gasteiger partial charge in [-0.2, -0.15) is 0 Å². The van der Waals surface area contributed by atoms with Crippen LogP contribution in [0.3, 0.4) is 0 Å². The van der Waals surface area contributed by atoms with E-state index in [1.165, 1.54) is 30.3 Å². The standard InChI is InChI=1S/C23H22N6O6/c1-26-20(23(32)35-25-26)15-19(24-21(30)16-5-3-2-4-6-16)22(31)28-13-11-27(12-14-28)17-7-9-18(10-8-17)29(33)34/h2-10,15,25H,11-14H2,1H3. The Bertz CT molecular complexity index is 1200. The molecule has 12 heteroatoms. The van der Waals surface area contributed by atoms with Crippen LogP contribution in [0, 0.1) is 10.1 Å². The molecule has 12 nitrogen and oxygen atoms in total. The van der Waals surface area contributed by atoms with Crippen molar-refractivity contribution >= 4 is 34.9 Å². The predicted molar refractivity (Wildman–Crippen MR) is 125 cm³/mol. The topological polar surface area (TPSA) is 138 Å². The summed E-state index contributed by atoms with van der Waals surface area (Å²) in [6.45, 7) is 1.61. The van der Waals surface area contributed by atoms with E-state index in [1.807, 2.05) is 4.90 Å². The number of aliphatic imine (C=N–C) groups is 1.